The smallest absolute Gasteiger partial charge is 0.0803 e. The minimum absolute atomic E-state index is 0.968. The highest BCUT2D eigenvalue weighted by Gasteiger charge is 1.77. The van der Waals surface area contributed by atoms with E-state index in [1.165, 1.54) is 11.3 Å². The van der Waals surface area contributed by atoms with E-state index in [0.717, 1.165) is 4.21 Å². The normalized spacial score (nSPS) is 8.42. The summed E-state index contributed by atoms with van der Waals surface area (Å²) in [7, 11) is 0. The van der Waals surface area contributed by atoms with Gasteiger partial charge in [0.15, 0.2) is 0 Å². The summed E-state index contributed by atoms with van der Waals surface area (Å²) in [5.74, 6) is 0. The molecule has 12 heavy (non-hydrogen) atoms. The molecule has 62 valence electrons. The average molecular weight is 195 g/mol. The molecule has 0 atom stereocenters. The second kappa shape index (κ2) is 5.80. The molecule has 2 rings (SSSR count). The van der Waals surface area contributed by atoms with Crippen LogP contribution in [-0.2, 0) is 0 Å². The van der Waals surface area contributed by atoms with E-state index >= 15 is 0 Å². The Morgan fingerprint density at radius 1 is 1.00 bits per heavy atom. The predicted molar refractivity (Wildman–Crippen MR) is 55.8 cm³/mol. The van der Waals surface area contributed by atoms with Crippen LogP contribution in [0.2, 0.25) is 0 Å². The molecule has 1 heterocycles. The van der Waals surface area contributed by atoms with Crippen LogP contribution in [0.5, 0.6) is 0 Å². The van der Waals surface area contributed by atoms with E-state index in [2.05, 4.69) is 17.6 Å². The summed E-state index contributed by atoms with van der Waals surface area (Å²) in [4.78, 5) is 3.76. The largest absolute Gasteiger partial charge is 0.252 e. The Kier molecular flexibility index (Phi) is 4.49. The third kappa shape index (κ3) is 4.16. The molecule has 0 saturated carbocycles. The Bertz CT molecular complexity index is 252. The van der Waals surface area contributed by atoms with Crippen LogP contribution in [-0.4, -0.2) is 4.98 Å². The molecule has 1 aromatic carbocycles. The molecule has 0 unspecified atom stereocenters. The lowest BCUT2D eigenvalue weighted by Crippen LogP contribution is -1.47. The Labute approximate surface area is 81.5 Å². The molecule has 0 saturated heterocycles. The van der Waals surface area contributed by atoms with Gasteiger partial charge in [-0.05, 0) is 0 Å². The zero-order valence-electron chi connectivity index (χ0n) is 6.42. The number of hydrogen-bond acceptors (Lipinski definition) is 3. The van der Waals surface area contributed by atoms with Crippen LogP contribution in [0.15, 0.2) is 52.3 Å². The van der Waals surface area contributed by atoms with Crippen molar-refractivity contribution in [3.63, 3.8) is 0 Å². The summed E-state index contributed by atoms with van der Waals surface area (Å²) < 4.78 is 0.968. The topological polar surface area (TPSA) is 12.9 Å². The minimum Gasteiger partial charge on any atom is -0.252 e. The summed E-state index contributed by atoms with van der Waals surface area (Å²) in [6, 6.07) is 12.0. The SMILES string of the molecule is Sc1cncs1.c1ccccc1. The van der Waals surface area contributed by atoms with E-state index in [-0.39, 0.29) is 0 Å². The molecular formula is C9H9NS2. The molecule has 0 spiro atoms. The maximum Gasteiger partial charge on any atom is 0.0803 e. The number of thiazole rings is 1. The van der Waals surface area contributed by atoms with Gasteiger partial charge in [-0.2, -0.15) is 0 Å². The quantitative estimate of drug-likeness (QED) is 0.637. The standard InChI is InChI=1S/C6H6.C3H3NS2/c1-2-4-6-5-3-1;5-3-1-4-2-6-3/h1-6H;1-2,5H. The molecule has 1 nitrogen and oxygen atoms in total. The van der Waals surface area contributed by atoms with Crippen molar-refractivity contribution >= 4 is 24.0 Å². The van der Waals surface area contributed by atoms with E-state index in [1.807, 2.05) is 36.4 Å². The van der Waals surface area contributed by atoms with E-state index in [1.54, 1.807) is 11.7 Å². The van der Waals surface area contributed by atoms with Crippen LogP contribution in [0, 0.1) is 0 Å². The van der Waals surface area contributed by atoms with Crippen molar-refractivity contribution in [3.05, 3.63) is 48.1 Å². The molecule has 0 fully saturated rings. The number of hydrogen-bond donors (Lipinski definition) is 1. The van der Waals surface area contributed by atoms with Gasteiger partial charge in [0.05, 0.1) is 15.9 Å². The monoisotopic (exact) mass is 195 g/mol. The van der Waals surface area contributed by atoms with Crippen molar-refractivity contribution in [3.8, 4) is 0 Å². The van der Waals surface area contributed by atoms with E-state index in [4.69, 9.17) is 0 Å². The number of aromatic nitrogens is 1. The Balaban J connectivity index is 0.000000120. The summed E-state index contributed by atoms with van der Waals surface area (Å²) in [5.41, 5.74) is 1.75. The number of rotatable bonds is 0. The van der Waals surface area contributed by atoms with Gasteiger partial charge in [-0.15, -0.1) is 24.0 Å². The van der Waals surface area contributed by atoms with Crippen molar-refractivity contribution in [1.82, 2.24) is 4.98 Å². The first-order valence-corrected chi connectivity index (χ1v) is 4.80. The highest BCUT2D eigenvalue weighted by molar-refractivity contribution is 7.82. The zero-order chi connectivity index (χ0) is 8.65. The molecule has 0 aliphatic heterocycles. The molecular weight excluding hydrogens is 186 g/mol. The van der Waals surface area contributed by atoms with E-state index in [0.29, 0.717) is 0 Å². The summed E-state index contributed by atoms with van der Waals surface area (Å²) in [6.07, 6.45) is 1.72. The maximum absolute atomic E-state index is 3.99. The van der Waals surface area contributed by atoms with Gasteiger partial charge >= 0.3 is 0 Å². The van der Waals surface area contributed by atoms with Crippen LogP contribution in [0.1, 0.15) is 0 Å². The fourth-order valence-corrected chi connectivity index (χ4v) is 1.15. The summed E-state index contributed by atoms with van der Waals surface area (Å²) in [6.45, 7) is 0. The van der Waals surface area contributed by atoms with E-state index in [9.17, 15) is 0 Å². The second-order valence-electron chi connectivity index (χ2n) is 1.99. The fraction of sp³-hybridized carbons (Fsp3) is 0. The van der Waals surface area contributed by atoms with Gasteiger partial charge in [0.25, 0.3) is 0 Å². The molecule has 0 N–H and O–H groups in total. The molecule has 0 aliphatic rings. The van der Waals surface area contributed by atoms with Gasteiger partial charge in [-0.1, -0.05) is 36.4 Å². The van der Waals surface area contributed by atoms with Gasteiger partial charge in [0.2, 0.25) is 0 Å². The first kappa shape index (κ1) is 9.29. The average Bonchev–Trinajstić information content (AvgIpc) is 2.60. The molecule has 0 radical (unpaired) electrons. The van der Waals surface area contributed by atoms with Crippen molar-refractivity contribution < 1.29 is 0 Å². The Morgan fingerprint density at radius 3 is 1.67 bits per heavy atom. The van der Waals surface area contributed by atoms with Crippen LogP contribution >= 0.6 is 24.0 Å². The van der Waals surface area contributed by atoms with Gasteiger partial charge in [-0.3, -0.25) is 4.98 Å². The molecule has 0 bridgehead atoms. The molecule has 0 aliphatic carbocycles. The Hall–Kier alpha value is -0.800. The van der Waals surface area contributed by atoms with Crippen molar-refractivity contribution in [2.45, 2.75) is 4.21 Å². The van der Waals surface area contributed by atoms with E-state index < -0.39 is 0 Å². The van der Waals surface area contributed by atoms with Gasteiger partial charge in [0, 0.05) is 0 Å². The van der Waals surface area contributed by atoms with Crippen molar-refractivity contribution in [1.29, 1.82) is 0 Å². The van der Waals surface area contributed by atoms with Gasteiger partial charge in [0.1, 0.15) is 0 Å². The lowest BCUT2D eigenvalue weighted by atomic mass is 10.4. The number of thiol groups is 1. The second-order valence-corrected chi connectivity index (χ2v) is 3.67. The molecule has 2 aromatic rings. The first-order valence-electron chi connectivity index (χ1n) is 3.47. The van der Waals surface area contributed by atoms with Crippen LogP contribution in [0.25, 0.3) is 0 Å². The summed E-state index contributed by atoms with van der Waals surface area (Å²) >= 11 is 5.52. The van der Waals surface area contributed by atoms with Crippen LogP contribution < -0.4 is 0 Å². The first-order chi connectivity index (χ1) is 5.89. The maximum atomic E-state index is 3.99. The number of nitrogens with zero attached hydrogens (tertiary/aromatic N) is 1. The molecule has 1 aromatic heterocycles. The molecule has 0 amide bonds. The highest BCUT2D eigenvalue weighted by Crippen LogP contribution is 2.08. The lowest BCUT2D eigenvalue weighted by Gasteiger charge is -1.69. The van der Waals surface area contributed by atoms with Gasteiger partial charge in [-0.25, -0.2) is 0 Å². The third-order valence-electron chi connectivity index (χ3n) is 1.09. The van der Waals surface area contributed by atoms with Gasteiger partial charge < -0.3 is 0 Å². The fourth-order valence-electron chi connectivity index (χ4n) is 0.594. The minimum atomic E-state index is 0.968. The highest BCUT2D eigenvalue weighted by atomic mass is 32.2. The predicted octanol–water partition coefficient (Wildman–Crippen LogP) is 3.12. The summed E-state index contributed by atoms with van der Waals surface area (Å²) in [5, 5.41) is 0. The van der Waals surface area contributed by atoms with Crippen LogP contribution in [0.4, 0.5) is 0 Å². The van der Waals surface area contributed by atoms with Crippen molar-refractivity contribution in [2.75, 3.05) is 0 Å². The van der Waals surface area contributed by atoms with Crippen molar-refractivity contribution in [2.24, 2.45) is 0 Å². The molecule has 3 heteroatoms. The lowest BCUT2D eigenvalue weighted by molar-refractivity contribution is 1.38. The third-order valence-corrected chi connectivity index (χ3v) is 2.09. The zero-order valence-corrected chi connectivity index (χ0v) is 8.13. The number of benzene rings is 1. The Morgan fingerprint density at radius 2 is 1.50 bits per heavy atom. The van der Waals surface area contributed by atoms with Crippen LogP contribution in [0.3, 0.4) is 0 Å².